The first kappa shape index (κ1) is 12.4. The number of carbonyl (C=O) groups excluding carboxylic acids is 1. The summed E-state index contributed by atoms with van der Waals surface area (Å²) >= 11 is 0. The van der Waals surface area contributed by atoms with Gasteiger partial charge in [0.25, 0.3) is 0 Å². The maximum absolute atomic E-state index is 12.5. The minimum Gasteiger partial charge on any atom is -0.312 e. The molecule has 1 aliphatic heterocycles. The van der Waals surface area contributed by atoms with Crippen LogP contribution in [-0.2, 0) is 0 Å². The van der Waals surface area contributed by atoms with Crippen molar-refractivity contribution in [2.24, 2.45) is 0 Å². The molecule has 4 aromatic rings. The van der Waals surface area contributed by atoms with Crippen LogP contribution < -0.4 is 0 Å². The first-order valence-electron chi connectivity index (χ1n) is 7.53. The van der Waals surface area contributed by atoms with E-state index in [0.717, 1.165) is 39.0 Å². The second-order valence-corrected chi connectivity index (χ2v) is 5.71. The summed E-state index contributed by atoms with van der Waals surface area (Å²) in [4.78, 5) is 17.1. The molecular weight excluding hydrogens is 284 g/mol. The molecule has 1 aliphatic rings. The third kappa shape index (κ3) is 1.64. The van der Waals surface area contributed by atoms with Gasteiger partial charge in [-0.1, -0.05) is 30.3 Å². The second kappa shape index (κ2) is 4.40. The summed E-state index contributed by atoms with van der Waals surface area (Å²) in [6.07, 6.45) is 3.82. The number of para-hydroxylation sites is 2. The molecule has 0 fully saturated rings. The third-order valence-corrected chi connectivity index (χ3v) is 4.40. The highest BCUT2D eigenvalue weighted by Crippen LogP contribution is 2.36. The molecular formula is C20H12N2O. The van der Waals surface area contributed by atoms with Gasteiger partial charge in [0.1, 0.15) is 0 Å². The fourth-order valence-corrected chi connectivity index (χ4v) is 3.34. The minimum atomic E-state index is 0.0839. The molecule has 0 atom stereocenters. The third-order valence-electron chi connectivity index (χ3n) is 4.40. The summed E-state index contributed by atoms with van der Waals surface area (Å²) in [6, 6.07) is 19.8. The van der Waals surface area contributed by atoms with Crippen LogP contribution in [0.3, 0.4) is 0 Å². The quantitative estimate of drug-likeness (QED) is 0.464. The maximum atomic E-state index is 12.5. The molecule has 0 spiro atoms. The van der Waals surface area contributed by atoms with Crippen LogP contribution in [0.15, 0.2) is 73.1 Å². The standard InChI is InChI=1S/C20H12N2O/c23-20-16-7-3-6-15(19(16)22-10-4-9-18(20)22)14-11-13-5-1-2-8-17(13)21-12-14/h1-12H. The van der Waals surface area contributed by atoms with Crippen molar-refractivity contribution in [2.45, 2.75) is 0 Å². The van der Waals surface area contributed by atoms with Crippen LogP contribution in [0.25, 0.3) is 27.7 Å². The Morgan fingerprint density at radius 1 is 0.870 bits per heavy atom. The lowest BCUT2D eigenvalue weighted by Crippen LogP contribution is -1.94. The monoisotopic (exact) mass is 296 g/mol. The molecule has 0 bridgehead atoms. The average molecular weight is 296 g/mol. The predicted molar refractivity (Wildman–Crippen MR) is 89.9 cm³/mol. The van der Waals surface area contributed by atoms with Crippen LogP contribution in [0.5, 0.6) is 0 Å². The molecule has 0 N–H and O–H groups in total. The van der Waals surface area contributed by atoms with Gasteiger partial charge in [0, 0.05) is 34.5 Å². The van der Waals surface area contributed by atoms with Gasteiger partial charge in [-0.25, -0.2) is 0 Å². The first-order chi connectivity index (χ1) is 11.3. The van der Waals surface area contributed by atoms with Gasteiger partial charge < -0.3 is 4.57 Å². The molecule has 2 aromatic heterocycles. The maximum Gasteiger partial charge on any atom is 0.211 e. The van der Waals surface area contributed by atoms with E-state index in [4.69, 9.17) is 0 Å². The lowest BCUT2D eigenvalue weighted by Gasteiger charge is -2.10. The van der Waals surface area contributed by atoms with E-state index in [9.17, 15) is 4.79 Å². The number of benzene rings is 2. The van der Waals surface area contributed by atoms with Crippen molar-refractivity contribution in [2.75, 3.05) is 0 Å². The highest BCUT2D eigenvalue weighted by molar-refractivity contribution is 6.15. The number of ketones is 1. The largest absolute Gasteiger partial charge is 0.312 e. The van der Waals surface area contributed by atoms with Gasteiger partial charge in [-0.05, 0) is 30.3 Å². The summed E-state index contributed by atoms with van der Waals surface area (Å²) in [5, 5.41) is 1.10. The smallest absolute Gasteiger partial charge is 0.211 e. The highest BCUT2D eigenvalue weighted by atomic mass is 16.1. The number of fused-ring (bicyclic) bond motifs is 4. The Hall–Kier alpha value is -3.20. The van der Waals surface area contributed by atoms with Gasteiger partial charge in [-0.3, -0.25) is 9.78 Å². The van der Waals surface area contributed by atoms with Gasteiger partial charge in [0.15, 0.2) is 0 Å². The fraction of sp³-hybridized carbons (Fsp3) is 0. The zero-order valence-corrected chi connectivity index (χ0v) is 12.2. The topological polar surface area (TPSA) is 34.9 Å². The first-order valence-corrected chi connectivity index (χ1v) is 7.53. The Kier molecular flexibility index (Phi) is 2.36. The summed E-state index contributed by atoms with van der Waals surface area (Å²) < 4.78 is 1.97. The molecule has 0 saturated carbocycles. The highest BCUT2D eigenvalue weighted by Gasteiger charge is 2.28. The number of aromatic nitrogens is 2. The van der Waals surface area contributed by atoms with Crippen LogP contribution >= 0.6 is 0 Å². The molecule has 0 amide bonds. The van der Waals surface area contributed by atoms with E-state index in [1.807, 2.05) is 65.5 Å². The Morgan fingerprint density at radius 2 is 1.74 bits per heavy atom. The molecule has 3 heterocycles. The molecule has 0 unspecified atom stereocenters. The van der Waals surface area contributed by atoms with E-state index in [-0.39, 0.29) is 5.78 Å². The molecule has 5 rings (SSSR count). The van der Waals surface area contributed by atoms with Crippen molar-refractivity contribution in [3.8, 4) is 16.8 Å². The lowest BCUT2D eigenvalue weighted by molar-refractivity contribution is 0.104. The van der Waals surface area contributed by atoms with Crippen LogP contribution in [0.4, 0.5) is 0 Å². The summed E-state index contributed by atoms with van der Waals surface area (Å²) in [5.74, 6) is 0.0839. The predicted octanol–water partition coefficient (Wildman–Crippen LogP) is 4.24. The SMILES string of the molecule is O=C1c2cccc(-c3cnc4ccccc4c3)c2-n2cccc21. The minimum absolute atomic E-state index is 0.0839. The second-order valence-electron chi connectivity index (χ2n) is 5.71. The van der Waals surface area contributed by atoms with E-state index in [2.05, 4.69) is 17.1 Å². The summed E-state index contributed by atoms with van der Waals surface area (Å²) in [5.41, 5.74) is 5.46. The van der Waals surface area contributed by atoms with Crippen molar-refractivity contribution in [3.63, 3.8) is 0 Å². The van der Waals surface area contributed by atoms with Crippen molar-refractivity contribution in [3.05, 3.63) is 84.3 Å². The molecule has 3 nitrogen and oxygen atoms in total. The van der Waals surface area contributed by atoms with E-state index >= 15 is 0 Å². The van der Waals surface area contributed by atoms with Crippen molar-refractivity contribution < 1.29 is 4.79 Å². The van der Waals surface area contributed by atoms with E-state index in [1.165, 1.54) is 0 Å². The molecule has 0 saturated heterocycles. The lowest BCUT2D eigenvalue weighted by atomic mass is 9.99. The van der Waals surface area contributed by atoms with Gasteiger partial charge >= 0.3 is 0 Å². The number of hydrogen-bond donors (Lipinski definition) is 0. The Morgan fingerprint density at radius 3 is 2.70 bits per heavy atom. The fourth-order valence-electron chi connectivity index (χ4n) is 3.34. The molecule has 3 heteroatoms. The molecule has 23 heavy (non-hydrogen) atoms. The zero-order valence-electron chi connectivity index (χ0n) is 12.2. The van der Waals surface area contributed by atoms with Crippen molar-refractivity contribution >= 4 is 16.7 Å². The Bertz CT molecular complexity index is 1090. The normalized spacial score (nSPS) is 12.4. The molecule has 108 valence electrons. The van der Waals surface area contributed by atoms with Crippen molar-refractivity contribution in [1.82, 2.24) is 9.55 Å². The van der Waals surface area contributed by atoms with Crippen LogP contribution in [0.1, 0.15) is 16.1 Å². The van der Waals surface area contributed by atoms with Gasteiger partial charge in [-0.15, -0.1) is 0 Å². The molecule has 0 aliphatic carbocycles. The van der Waals surface area contributed by atoms with Crippen molar-refractivity contribution in [1.29, 1.82) is 0 Å². The molecule has 2 aromatic carbocycles. The number of nitrogens with zero attached hydrogens (tertiary/aromatic N) is 2. The average Bonchev–Trinajstić information content (AvgIpc) is 3.18. The number of rotatable bonds is 1. The van der Waals surface area contributed by atoms with Crippen LogP contribution in [0, 0.1) is 0 Å². The van der Waals surface area contributed by atoms with Gasteiger partial charge in [0.2, 0.25) is 5.78 Å². The van der Waals surface area contributed by atoms with Crippen LogP contribution in [0.2, 0.25) is 0 Å². The Balaban J connectivity index is 1.81. The molecule has 0 radical (unpaired) electrons. The number of carbonyl (C=O) groups is 1. The summed E-state index contributed by atoms with van der Waals surface area (Å²) in [7, 11) is 0. The summed E-state index contributed by atoms with van der Waals surface area (Å²) in [6.45, 7) is 0. The number of pyridine rings is 1. The van der Waals surface area contributed by atoms with E-state index in [1.54, 1.807) is 0 Å². The van der Waals surface area contributed by atoms with Crippen LogP contribution in [-0.4, -0.2) is 15.3 Å². The van der Waals surface area contributed by atoms with Gasteiger partial charge in [-0.2, -0.15) is 0 Å². The number of hydrogen-bond acceptors (Lipinski definition) is 2. The Labute approximate surface area is 132 Å². The van der Waals surface area contributed by atoms with E-state index in [0.29, 0.717) is 0 Å². The zero-order chi connectivity index (χ0) is 15.4. The van der Waals surface area contributed by atoms with E-state index < -0.39 is 0 Å². The van der Waals surface area contributed by atoms with Gasteiger partial charge in [0.05, 0.1) is 16.9 Å².